The molecule has 1 aromatic rings. The molecule has 0 radical (unpaired) electrons. The van der Waals surface area contributed by atoms with Crippen molar-refractivity contribution >= 4 is 11.9 Å². The second kappa shape index (κ2) is 4.59. The van der Waals surface area contributed by atoms with Gasteiger partial charge in [-0.2, -0.15) is 0 Å². The van der Waals surface area contributed by atoms with Crippen molar-refractivity contribution in [3.8, 4) is 0 Å². The molecule has 0 aliphatic heterocycles. The molecular weight excluding hydrogens is 198 g/mol. The van der Waals surface area contributed by atoms with Crippen LogP contribution < -0.4 is 10.5 Å². The number of nitrogens with one attached hydrogen (secondary N) is 1. The molecule has 0 aromatic carbocycles. The smallest absolute Gasteiger partial charge is 0.310 e. The molecule has 6 heteroatoms. The Kier molecular flexibility index (Phi) is 3.43. The molecule has 0 spiro atoms. The number of hydrogen-bond donors (Lipinski definition) is 1. The van der Waals surface area contributed by atoms with Gasteiger partial charge in [0.2, 0.25) is 5.95 Å². The van der Waals surface area contributed by atoms with Crippen LogP contribution in [0.5, 0.6) is 0 Å². The molecule has 0 saturated heterocycles. The average molecular weight is 211 g/mol. The lowest BCUT2D eigenvalue weighted by molar-refractivity contribution is -0.139. The van der Waals surface area contributed by atoms with Crippen molar-refractivity contribution in [3.63, 3.8) is 0 Å². The van der Waals surface area contributed by atoms with E-state index < -0.39 is 5.97 Å². The van der Waals surface area contributed by atoms with Gasteiger partial charge in [0.1, 0.15) is 0 Å². The number of ether oxygens (including phenoxy) is 1. The molecule has 1 heterocycles. The molecule has 0 saturated carbocycles. The van der Waals surface area contributed by atoms with Crippen LogP contribution in [0.15, 0.2) is 11.0 Å². The zero-order chi connectivity index (χ0) is 11.4. The summed E-state index contributed by atoms with van der Waals surface area (Å²) in [6.45, 7) is 0. The Hall–Kier alpha value is -1.85. The summed E-state index contributed by atoms with van der Waals surface area (Å²) in [7, 11) is 4.80. The third-order valence-electron chi connectivity index (χ3n) is 1.85. The summed E-state index contributed by atoms with van der Waals surface area (Å²) in [5.41, 5.74) is -0.0217. The zero-order valence-corrected chi connectivity index (χ0v) is 8.90. The highest BCUT2D eigenvalue weighted by Crippen LogP contribution is 1.99. The summed E-state index contributed by atoms with van der Waals surface area (Å²) in [5, 5.41) is 0. The van der Waals surface area contributed by atoms with Crippen LogP contribution in [0.1, 0.15) is 5.56 Å². The van der Waals surface area contributed by atoms with E-state index in [9.17, 15) is 9.59 Å². The number of carbonyl (C=O) groups excluding carboxylic acids is 1. The van der Waals surface area contributed by atoms with Crippen molar-refractivity contribution in [2.24, 2.45) is 0 Å². The van der Waals surface area contributed by atoms with Gasteiger partial charge < -0.3 is 9.64 Å². The molecule has 0 aliphatic carbocycles. The number of carbonyl (C=O) groups is 1. The molecule has 0 aliphatic rings. The molecule has 1 N–H and O–H groups in total. The fourth-order valence-corrected chi connectivity index (χ4v) is 0.993. The third kappa shape index (κ3) is 2.80. The fraction of sp³-hybridized carbons (Fsp3) is 0.444. The van der Waals surface area contributed by atoms with E-state index >= 15 is 0 Å². The summed E-state index contributed by atoms with van der Waals surface area (Å²) in [6.07, 6.45) is 1.32. The quantitative estimate of drug-likeness (QED) is 0.685. The van der Waals surface area contributed by atoms with Crippen LogP contribution in [0.2, 0.25) is 0 Å². The van der Waals surface area contributed by atoms with E-state index in [0.717, 1.165) is 0 Å². The maximum absolute atomic E-state index is 11.5. The Morgan fingerprint density at radius 2 is 2.27 bits per heavy atom. The van der Waals surface area contributed by atoms with Gasteiger partial charge in [0.15, 0.2) is 0 Å². The second-order valence-electron chi connectivity index (χ2n) is 3.21. The molecule has 6 nitrogen and oxygen atoms in total. The average Bonchev–Trinajstić information content (AvgIpc) is 2.20. The van der Waals surface area contributed by atoms with Crippen LogP contribution in [-0.4, -0.2) is 37.1 Å². The predicted octanol–water partition coefficient (Wildman–Crippen LogP) is -0.449. The van der Waals surface area contributed by atoms with Gasteiger partial charge in [-0.25, -0.2) is 4.98 Å². The molecule has 0 fully saturated rings. The van der Waals surface area contributed by atoms with E-state index in [0.29, 0.717) is 11.5 Å². The molecular formula is C9H13N3O3. The number of hydrogen-bond acceptors (Lipinski definition) is 5. The highest BCUT2D eigenvalue weighted by atomic mass is 16.5. The van der Waals surface area contributed by atoms with Gasteiger partial charge in [-0.1, -0.05) is 0 Å². The van der Waals surface area contributed by atoms with Crippen LogP contribution in [0, 0.1) is 0 Å². The number of aromatic nitrogens is 2. The van der Waals surface area contributed by atoms with Crippen molar-refractivity contribution in [1.29, 1.82) is 0 Å². The van der Waals surface area contributed by atoms with E-state index in [1.165, 1.54) is 13.3 Å². The van der Waals surface area contributed by atoms with E-state index in [1.54, 1.807) is 19.0 Å². The van der Waals surface area contributed by atoms with Crippen molar-refractivity contribution in [3.05, 3.63) is 22.1 Å². The Balaban J connectivity index is 2.94. The predicted molar refractivity (Wildman–Crippen MR) is 54.9 cm³/mol. The van der Waals surface area contributed by atoms with Gasteiger partial charge in [0, 0.05) is 25.9 Å². The highest BCUT2D eigenvalue weighted by Gasteiger charge is 2.08. The number of H-pyrrole nitrogens is 1. The van der Waals surface area contributed by atoms with Gasteiger partial charge in [-0.05, 0) is 0 Å². The summed E-state index contributed by atoms with van der Waals surface area (Å²) < 4.78 is 4.46. The van der Waals surface area contributed by atoms with Crippen molar-refractivity contribution in [1.82, 2.24) is 9.97 Å². The first-order valence-electron chi connectivity index (χ1n) is 4.37. The first-order valence-corrected chi connectivity index (χ1v) is 4.37. The molecule has 0 bridgehead atoms. The van der Waals surface area contributed by atoms with E-state index in [1.807, 2.05) is 0 Å². The lowest BCUT2D eigenvalue weighted by Gasteiger charge is -2.10. The largest absolute Gasteiger partial charge is 0.469 e. The highest BCUT2D eigenvalue weighted by molar-refractivity contribution is 5.72. The van der Waals surface area contributed by atoms with Crippen LogP contribution in [0.4, 0.5) is 5.95 Å². The van der Waals surface area contributed by atoms with Crippen LogP contribution in [-0.2, 0) is 16.0 Å². The SMILES string of the molecule is COC(=O)Cc1cnc(N(C)C)[nH]c1=O. The maximum atomic E-state index is 11.5. The maximum Gasteiger partial charge on any atom is 0.310 e. The number of nitrogens with zero attached hydrogens (tertiary/aromatic N) is 2. The van der Waals surface area contributed by atoms with Crippen LogP contribution in [0.3, 0.4) is 0 Å². The minimum atomic E-state index is -0.458. The van der Waals surface area contributed by atoms with E-state index in [4.69, 9.17) is 0 Å². The Labute approximate surface area is 86.9 Å². The number of rotatable bonds is 3. The minimum Gasteiger partial charge on any atom is -0.469 e. The second-order valence-corrected chi connectivity index (χ2v) is 3.21. The van der Waals surface area contributed by atoms with Gasteiger partial charge in [0.05, 0.1) is 13.5 Å². The molecule has 1 rings (SSSR count). The monoisotopic (exact) mass is 211 g/mol. The van der Waals surface area contributed by atoms with Crippen molar-refractivity contribution < 1.29 is 9.53 Å². The topological polar surface area (TPSA) is 75.3 Å². The first-order chi connectivity index (χ1) is 7.04. The fourth-order valence-electron chi connectivity index (χ4n) is 0.993. The van der Waals surface area contributed by atoms with Crippen LogP contribution in [0.25, 0.3) is 0 Å². The van der Waals surface area contributed by atoms with E-state index in [2.05, 4.69) is 14.7 Å². The first kappa shape index (κ1) is 11.2. The minimum absolute atomic E-state index is 0.0630. The van der Waals surface area contributed by atoms with Gasteiger partial charge in [-0.15, -0.1) is 0 Å². The Morgan fingerprint density at radius 3 is 2.73 bits per heavy atom. The summed E-state index contributed by atoms with van der Waals surface area (Å²) in [5.74, 6) is -0.00600. The number of methoxy groups -OCH3 is 1. The molecule has 15 heavy (non-hydrogen) atoms. The number of anilines is 1. The van der Waals surface area contributed by atoms with E-state index in [-0.39, 0.29) is 12.0 Å². The van der Waals surface area contributed by atoms with Gasteiger partial charge in [-0.3, -0.25) is 14.6 Å². The Bertz CT molecular complexity index is 411. The van der Waals surface area contributed by atoms with Crippen molar-refractivity contribution in [2.75, 3.05) is 26.1 Å². The standard InChI is InChI=1S/C9H13N3O3/c1-12(2)9-10-5-6(8(14)11-9)4-7(13)15-3/h5H,4H2,1-3H3,(H,10,11,14). The molecule has 82 valence electrons. The normalized spacial score (nSPS) is 9.80. The molecule has 0 amide bonds. The van der Waals surface area contributed by atoms with Gasteiger partial charge >= 0.3 is 5.97 Å². The lowest BCUT2D eigenvalue weighted by Crippen LogP contribution is -2.22. The third-order valence-corrected chi connectivity index (χ3v) is 1.85. The van der Waals surface area contributed by atoms with Crippen LogP contribution >= 0.6 is 0 Å². The Morgan fingerprint density at radius 1 is 1.60 bits per heavy atom. The molecule has 0 atom stereocenters. The number of aromatic amines is 1. The zero-order valence-electron chi connectivity index (χ0n) is 8.90. The summed E-state index contributed by atoms with van der Waals surface area (Å²) >= 11 is 0. The molecule has 1 aromatic heterocycles. The van der Waals surface area contributed by atoms with Gasteiger partial charge in [0.25, 0.3) is 5.56 Å². The summed E-state index contributed by atoms with van der Waals surface area (Å²) in [4.78, 5) is 30.6. The molecule has 0 unspecified atom stereocenters. The number of esters is 1. The summed E-state index contributed by atoms with van der Waals surface area (Å²) in [6, 6.07) is 0. The lowest BCUT2D eigenvalue weighted by atomic mass is 10.2. The van der Waals surface area contributed by atoms with Crippen molar-refractivity contribution in [2.45, 2.75) is 6.42 Å².